The third kappa shape index (κ3) is 5.51. The molecule has 1 aromatic heterocycles. The summed E-state index contributed by atoms with van der Waals surface area (Å²) in [6.07, 6.45) is 0.263. The Balaban J connectivity index is 1.20. The number of rotatable bonds is 9. The minimum absolute atomic E-state index is 0.00232. The number of aromatic nitrogens is 2. The lowest BCUT2D eigenvalue weighted by molar-refractivity contribution is -0.116. The molecule has 2 aromatic carbocycles. The molecule has 9 heteroatoms. The number of alkyl carbamates (subject to hydrolysis) is 1. The molecule has 3 aromatic rings. The van der Waals surface area contributed by atoms with Crippen molar-refractivity contribution in [2.24, 2.45) is 13.0 Å². The lowest BCUT2D eigenvalue weighted by atomic mass is 9.98. The second kappa shape index (κ2) is 10.4. The van der Waals surface area contributed by atoms with Crippen molar-refractivity contribution < 1.29 is 24.2 Å². The van der Waals surface area contributed by atoms with Crippen molar-refractivity contribution >= 4 is 23.8 Å². The number of anilines is 1. The molecule has 0 saturated carbocycles. The van der Waals surface area contributed by atoms with Gasteiger partial charge < -0.3 is 20.5 Å². The largest absolute Gasteiger partial charge is 0.477 e. The van der Waals surface area contributed by atoms with E-state index in [1.165, 1.54) is 28.9 Å². The molecule has 0 saturated heterocycles. The Morgan fingerprint density at radius 2 is 1.71 bits per heavy atom. The smallest absolute Gasteiger partial charge is 0.407 e. The first-order valence-corrected chi connectivity index (χ1v) is 11.5. The van der Waals surface area contributed by atoms with Gasteiger partial charge in [-0.2, -0.15) is 5.10 Å². The van der Waals surface area contributed by atoms with E-state index < -0.39 is 12.1 Å². The molecule has 0 aliphatic heterocycles. The molecule has 182 valence electrons. The quantitative estimate of drug-likeness (QED) is 0.429. The molecule has 0 radical (unpaired) electrons. The van der Waals surface area contributed by atoms with Crippen molar-refractivity contribution in [2.75, 3.05) is 18.5 Å². The Morgan fingerprint density at radius 1 is 1.09 bits per heavy atom. The number of fused-ring (bicyclic) bond motifs is 3. The highest BCUT2D eigenvalue weighted by atomic mass is 16.5. The Hall–Kier alpha value is -4.14. The monoisotopic (exact) mass is 476 g/mol. The van der Waals surface area contributed by atoms with Crippen LogP contribution in [0.1, 0.15) is 47.3 Å². The molecule has 1 atom stereocenters. The summed E-state index contributed by atoms with van der Waals surface area (Å²) in [5.74, 6) is -1.15. The van der Waals surface area contributed by atoms with Gasteiger partial charge in [0.1, 0.15) is 12.3 Å². The van der Waals surface area contributed by atoms with E-state index in [1.807, 2.05) is 31.2 Å². The molecule has 1 aliphatic carbocycles. The normalized spacial score (nSPS) is 13.0. The van der Waals surface area contributed by atoms with Crippen LogP contribution in [0.4, 0.5) is 10.6 Å². The third-order valence-electron chi connectivity index (χ3n) is 6.17. The van der Waals surface area contributed by atoms with E-state index in [0.29, 0.717) is 13.0 Å². The average molecular weight is 477 g/mol. The van der Waals surface area contributed by atoms with Crippen LogP contribution in [-0.4, -0.2) is 46.0 Å². The van der Waals surface area contributed by atoms with Gasteiger partial charge in [0.25, 0.3) is 0 Å². The number of carbonyl (C=O) groups is 3. The van der Waals surface area contributed by atoms with Crippen LogP contribution in [0, 0.1) is 5.92 Å². The molecular formula is C26H28N4O5. The van der Waals surface area contributed by atoms with Gasteiger partial charge in [0, 0.05) is 32.0 Å². The first-order chi connectivity index (χ1) is 16.8. The molecule has 0 fully saturated rings. The SMILES string of the molecule is CC(CCC(=O)Nc1cc(C(=O)O)n(C)n1)CNC(=O)OCC1c2ccccc2-c2ccccc21. The van der Waals surface area contributed by atoms with E-state index in [9.17, 15) is 14.4 Å². The van der Waals surface area contributed by atoms with Crippen LogP contribution in [0.2, 0.25) is 0 Å². The van der Waals surface area contributed by atoms with E-state index in [-0.39, 0.29) is 42.3 Å². The van der Waals surface area contributed by atoms with Gasteiger partial charge in [-0.1, -0.05) is 55.5 Å². The average Bonchev–Trinajstić information content (AvgIpc) is 3.37. The maximum atomic E-state index is 12.3. The van der Waals surface area contributed by atoms with Crippen LogP contribution in [0.3, 0.4) is 0 Å². The number of aromatic carboxylic acids is 1. The number of amides is 2. The van der Waals surface area contributed by atoms with Crippen LogP contribution >= 0.6 is 0 Å². The first kappa shape index (κ1) is 24.0. The number of carboxylic acids is 1. The van der Waals surface area contributed by atoms with Gasteiger partial charge in [0.2, 0.25) is 5.91 Å². The molecule has 2 amide bonds. The van der Waals surface area contributed by atoms with Crippen LogP contribution < -0.4 is 10.6 Å². The second-order valence-electron chi connectivity index (χ2n) is 8.74. The maximum Gasteiger partial charge on any atom is 0.407 e. The molecule has 4 rings (SSSR count). The molecular weight excluding hydrogens is 448 g/mol. The fraction of sp³-hybridized carbons (Fsp3) is 0.308. The summed E-state index contributed by atoms with van der Waals surface area (Å²) < 4.78 is 6.73. The Labute approximate surface area is 203 Å². The predicted octanol–water partition coefficient (Wildman–Crippen LogP) is 4.01. The Morgan fingerprint density at radius 3 is 2.31 bits per heavy atom. The standard InChI is InChI=1S/C26H28N4O5/c1-16(11-12-24(31)28-23-13-22(25(32)33)30(2)29-23)14-27-26(34)35-15-21-19-9-5-3-7-17(19)18-8-4-6-10-20(18)21/h3-10,13,16,21H,11-12,14-15H2,1-2H3,(H,27,34)(H,32,33)(H,28,29,31). The van der Waals surface area contributed by atoms with Crippen LogP contribution in [0.5, 0.6) is 0 Å². The van der Waals surface area contributed by atoms with Crippen molar-refractivity contribution in [1.82, 2.24) is 15.1 Å². The fourth-order valence-corrected chi connectivity index (χ4v) is 4.32. The van der Waals surface area contributed by atoms with Crippen molar-refractivity contribution in [1.29, 1.82) is 0 Å². The van der Waals surface area contributed by atoms with E-state index in [4.69, 9.17) is 9.84 Å². The Bertz CT molecular complexity index is 1210. The lowest BCUT2D eigenvalue weighted by Crippen LogP contribution is -2.30. The highest BCUT2D eigenvalue weighted by Gasteiger charge is 2.29. The molecule has 3 N–H and O–H groups in total. The number of benzene rings is 2. The van der Waals surface area contributed by atoms with Crippen molar-refractivity contribution in [2.45, 2.75) is 25.7 Å². The summed E-state index contributed by atoms with van der Waals surface area (Å²) in [7, 11) is 1.50. The van der Waals surface area contributed by atoms with Crippen LogP contribution in [0.15, 0.2) is 54.6 Å². The molecule has 35 heavy (non-hydrogen) atoms. The Kier molecular flexibility index (Phi) is 7.14. The number of nitrogens with zero attached hydrogens (tertiary/aromatic N) is 2. The number of aryl methyl sites for hydroxylation is 1. The number of ether oxygens (including phenoxy) is 1. The minimum Gasteiger partial charge on any atom is -0.477 e. The maximum absolute atomic E-state index is 12.3. The van der Waals surface area contributed by atoms with Gasteiger partial charge in [0.05, 0.1) is 0 Å². The zero-order valence-electron chi connectivity index (χ0n) is 19.7. The van der Waals surface area contributed by atoms with E-state index >= 15 is 0 Å². The van der Waals surface area contributed by atoms with Crippen molar-refractivity contribution in [3.05, 3.63) is 71.4 Å². The summed E-state index contributed by atoms with van der Waals surface area (Å²) >= 11 is 0. The molecule has 9 nitrogen and oxygen atoms in total. The zero-order valence-corrected chi connectivity index (χ0v) is 19.7. The van der Waals surface area contributed by atoms with Gasteiger partial charge in [-0.3, -0.25) is 9.48 Å². The molecule has 1 aliphatic rings. The third-order valence-corrected chi connectivity index (χ3v) is 6.17. The zero-order chi connectivity index (χ0) is 24.9. The number of hydrogen-bond acceptors (Lipinski definition) is 5. The number of nitrogens with one attached hydrogen (secondary N) is 2. The van der Waals surface area contributed by atoms with E-state index in [0.717, 1.165) is 11.1 Å². The van der Waals surface area contributed by atoms with Crippen LogP contribution in [-0.2, 0) is 16.6 Å². The second-order valence-corrected chi connectivity index (χ2v) is 8.74. The van der Waals surface area contributed by atoms with E-state index in [2.05, 4.69) is 40.0 Å². The topological polar surface area (TPSA) is 123 Å². The number of carbonyl (C=O) groups excluding carboxylic acids is 2. The fourth-order valence-electron chi connectivity index (χ4n) is 4.32. The van der Waals surface area contributed by atoms with E-state index in [1.54, 1.807) is 0 Å². The van der Waals surface area contributed by atoms with Gasteiger partial charge in [-0.15, -0.1) is 0 Å². The van der Waals surface area contributed by atoms with Gasteiger partial charge in [-0.05, 0) is 34.6 Å². The summed E-state index contributed by atoms with van der Waals surface area (Å²) in [6.45, 7) is 2.55. The number of hydrogen-bond donors (Lipinski definition) is 3. The molecule has 0 spiro atoms. The number of carboxylic acid groups (broad SMARTS) is 1. The van der Waals surface area contributed by atoms with Crippen LogP contribution in [0.25, 0.3) is 11.1 Å². The summed E-state index contributed by atoms with van der Waals surface area (Å²) in [4.78, 5) is 35.6. The molecule has 1 heterocycles. The van der Waals surface area contributed by atoms with Gasteiger partial charge >= 0.3 is 12.1 Å². The first-order valence-electron chi connectivity index (χ1n) is 11.5. The summed E-state index contributed by atoms with van der Waals surface area (Å²) in [5.41, 5.74) is 4.65. The van der Waals surface area contributed by atoms with Crippen molar-refractivity contribution in [3.63, 3.8) is 0 Å². The predicted molar refractivity (Wildman–Crippen MR) is 130 cm³/mol. The van der Waals surface area contributed by atoms with Gasteiger partial charge in [0.15, 0.2) is 5.82 Å². The molecule has 0 bridgehead atoms. The van der Waals surface area contributed by atoms with Crippen molar-refractivity contribution in [3.8, 4) is 11.1 Å². The highest BCUT2D eigenvalue weighted by molar-refractivity contribution is 5.92. The van der Waals surface area contributed by atoms with Gasteiger partial charge in [-0.25, -0.2) is 9.59 Å². The minimum atomic E-state index is -1.12. The lowest BCUT2D eigenvalue weighted by Gasteiger charge is -2.16. The summed E-state index contributed by atoms with van der Waals surface area (Å²) in [6, 6.07) is 17.6. The highest BCUT2D eigenvalue weighted by Crippen LogP contribution is 2.44. The molecule has 1 unspecified atom stereocenters. The summed E-state index contributed by atoms with van der Waals surface area (Å²) in [5, 5.41) is 18.4.